The van der Waals surface area contributed by atoms with Gasteiger partial charge in [0.25, 0.3) is 0 Å². The third kappa shape index (κ3) is 3.93. The molecule has 0 saturated heterocycles. The van der Waals surface area contributed by atoms with Crippen LogP contribution in [-0.2, 0) is 19.6 Å². The zero-order valence-corrected chi connectivity index (χ0v) is 16.9. The van der Waals surface area contributed by atoms with Crippen molar-refractivity contribution in [1.82, 2.24) is 4.31 Å². The average Bonchev–Trinajstić information content (AvgIpc) is 2.76. The molecule has 0 saturated carbocycles. The summed E-state index contributed by atoms with van der Waals surface area (Å²) in [5.74, 6) is -0.578. The number of sulfonamides is 1. The highest BCUT2D eigenvalue weighted by Crippen LogP contribution is 2.31. The van der Waals surface area contributed by atoms with Gasteiger partial charge in [0, 0.05) is 19.5 Å². The van der Waals surface area contributed by atoms with Crippen LogP contribution in [0.1, 0.15) is 18.9 Å². The predicted octanol–water partition coefficient (Wildman–Crippen LogP) is 2.38. The van der Waals surface area contributed by atoms with Gasteiger partial charge in [0.05, 0.1) is 22.8 Å². The molecule has 0 bridgehead atoms. The summed E-state index contributed by atoms with van der Waals surface area (Å²) >= 11 is 0. The van der Waals surface area contributed by atoms with Gasteiger partial charge in [-0.25, -0.2) is 8.42 Å². The third-order valence-electron chi connectivity index (χ3n) is 4.72. The van der Waals surface area contributed by atoms with E-state index in [2.05, 4.69) is 5.32 Å². The van der Waals surface area contributed by atoms with E-state index in [1.54, 1.807) is 43.3 Å². The molecule has 1 aliphatic rings. The first-order valence-corrected chi connectivity index (χ1v) is 10.4. The summed E-state index contributed by atoms with van der Waals surface area (Å²) in [7, 11) is -2.42. The van der Waals surface area contributed by atoms with Crippen LogP contribution < -0.4 is 10.2 Å². The highest BCUT2D eigenvalue weighted by Gasteiger charge is 2.32. The minimum atomic E-state index is -3.80. The Morgan fingerprint density at radius 3 is 2.50 bits per heavy atom. The number of hydrogen-bond donors (Lipinski definition) is 1. The van der Waals surface area contributed by atoms with E-state index >= 15 is 0 Å². The quantitative estimate of drug-likeness (QED) is 0.852. The van der Waals surface area contributed by atoms with Crippen LogP contribution in [0.15, 0.2) is 53.4 Å². The monoisotopic (exact) mass is 401 g/mol. The molecule has 0 fully saturated rings. The number of aryl methyl sites for hydroxylation is 1. The summed E-state index contributed by atoms with van der Waals surface area (Å²) in [4.78, 5) is 26.7. The van der Waals surface area contributed by atoms with E-state index in [1.807, 2.05) is 6.92 Å². The smallest absolute Gasteiger partial charge is 0.243 e. The number of carbonyl (C=O) groups is 2. The van der Waals surface area contributed by atoms with Gasteiger partial charge < -0.3 is 10.2 Å². The van der Waals surface area contributed by atoms with E-state index in [1.165, 1.54) is 24.1 Å². The topological polar surface area (TPSA) is 86.8 Å². The Bertz CT molecular complexity index is 1000. The van der Waals surface area contributed by atoms with Gasteiger partial charge in [0.15, 0.2) is 0 Å². The second-order valence-electron chi connectivity index (χ2n) is 6.96. The summed E-state index contributed by atoms with van der Waals surface area (Å²) in [6, 6.07) is 13.1. The molecule has 0 aliphatic carbocycles. The first-order chi connectivity index (χ1) is 13.2. The molecule has 1 unspecified atom stereocenters. The Morgan fingerprint density at radius 1 is 1.18 bits per heavy atom. The number of anilines is 2. The lowest BCUT2D eigenvalue weighted by Crippen LogP contribution is -2.45. The number of para-hydroxylation sites is 2. The number of benzene rings is 2. The predicted molar refractivity (Wildman–Crippen MR) is 108 cm³/mol. The minimum absolute atomic E-state index is 0.134. The number of nitrogens with zero attached hydrogens (tertiary/aromatic N) is 2. The van der Waals surface area contributed by atoms with Crippen LogP contribution in [-0.4, -0.2) is 44.2 Å². The van der Waals surface area contributed by atoms with Crippen molar-refractivity contribution < 1.29 is 18.0 Å². The van der Waals surface area contributed by atoms with Crippen molar-refractivity contribution in [3.05, 3.63) is 54.1 Å². The van der Waals surface area contributed by atoms with Crippen molar-refractivity contribution in [1.29, 1.82) is 0 Å². The van der Waals surface area contributed by atoms with Crippen LogP contribution in [0.2, 0.25) is 0 Å². The molecule has 8 heteroatoms. The molecule has 1 heterocycles. The Balaban J connectivity index is 1.87. The van der Waals surface area contributed by atoms with E-state index < -0.39 is 22.0 Å². The first kappa shape index (κ1) is 20.0. The fourth-order valence-corrected chi connectivity index (χ4v) is 4.33. The van der Waals surface area contributed by atoms with E-state index in [4.69, 9.17) is 0 Å². The molecule has 2 amide bonds. The number of likely N-dealkylation sites (N-methyl/N-ethyl adjacent to an activating group) is 1. The van der Waals surface area contributed by atoms with Gasteiger partial charge in [-0.05, 0) is 38.1 Å². The van der Waals surface area contributed by atoms with Crippen LogP contribution in [0, 0.1) is 6.92 Å². The van der Waals surface area contributed by atoms with Crippen molar-refractivity contribution in [3.8, 4) is 0 Å². The molecule has 0 radical (unpaired) electrons. The summed E-state index contributed by atoms with van der Waals surface area (Å²) in [6.45, 7) is 3.31. The molecule has 0 aromatic heterocycles. The normalized spacial score (nSPS) is 17.1. The third-order valence-corrected chi connectivity index (χ3v) is 6.53. The molecule has 0 spiro atoms. The van der Waals surface area contributed by atoms with Crippen molar-refractivity contribution in [2.24, 2.45) is 0 Å². The molecule has 148 valence electrons. The number of amides is 2. The fourth-order valence-electron chi connectivity index (χ4n) is 3.21. The van der Waals surface area contributed by atoms with Gasteiger partial charge in [-0.1, -0.05) is 29.8 Å². The zero-order chi connectivity index (χ0) is 20.5. The van der Waals surface area contributed by atoms with Crippen molar-refractivity contribution in [2.75, 3.05) is 23.8 Å². The molecule has 2 aromatic rings. The second-order valence-corrected chi connectivity index (χ2v) is 9.00. The van der Waals surface area contributed by atoms with Gasteiger partial charge in [0.1, 0.15) is 0 Å². The van der Waals surface area contributed by atoms with Crippen molar-refractivity contribution in [3.63, 3.8) is 0 Å². The van der Waals surface area contributed by atoms with E-state index in [0.717, 1.165) is 9.87 Å². The van der Waals surface area contributed by atoms with Gasteiger partial charge in [0.2, 0.25) is 21.8 Å². The van der Waals surface area contributed by atoms with Crippen LogP contribution in [0.25, 0.3) is 0 Å². The molecule has 28 heavy (non-hydrogen) atoms. The molecule has 7 nitrogen and oxygen atoms in total. The summed E-state index contributed by atoms with van der Waals surface area (Å²) in [6.07, 6.45) is 0.134. The van der Waals surface area contributed by atoms with Gasteiger partial charge in [-0.15, -0.1) is 0 Å². The SMILES string of the molecule is Cc1ccc(S(=O)(=O)N(C)CC(=O)N2c3ccccc3NC(=O)CC2C)cc1. The number of fused-ring (bicyclic) bond motifs is 1. The maximum atomic E-state index is 13.1. The maximum absolute atomic E-state index is 13.1. The summed E-state index contributed by atoms with van der Waals surface area (Å²) < 4.78 is 26.6. The lowest BCUT2D eigenvalue weighted by atomic mass is 10.1. The summed E-state index contributed by atoms with van der Waals surface area (Å²) in [5.41, 5.74) is 2.05. The average molecular weight is 401 g/mol. The molecule has 1 aliphatic heterocycles. The summed E-state index contributed by atoms with van der Waals surface area (Å²) in [5, 5.41) is 2.79. The highest BCUT2D eigenvalue weighted by molar-refractivity contribution is 7.89. The van der Waals surface area contributed by atoms with Gasteiger partial charge in [-0.2, -0.15) is 4.31 Å². The largest absolute Gasteiger partial charge is 0.324 e. The van der Waals surface area contributed by atoms with Gasteiger partial charge >= 0.3 is 0 Å². The van der Waals surface area contributed by atoms with E-state index in [-0.39, 0.29) is 23.8 Å². The van der Waals surface area contributed by atoms with Gasteiger partial charge in [-0.3, -0.25) is 9.59 Å². The molecular formula is C20H23N3O4S. The second kappa shape index (κ2) is 7.73. The van der Waals surface area contributed by atoms with Crippen LogP contribution >= 0.6 is 0 Å². The van der Waals surface area contributed by atoms with Crippen molar-refractivity contribution >= 4 is 33.2 Å². The van der Waals surface area contributed by atoms with Crippen LogP contribution in [0.5, 0.6) is 0 Å². The van der Waals surface area contributed by atoms with E-state index in [0.29, 0.717) is 11.4 Å². The number of rotatable bonds is 4. The Morgan fingerprint density at radius 2 is 1.82 bits per heavy atom. The van der Waals surface area contributed by atoms with Crippen LogP contribution in [0.4, 0.5) is 11.4 Å². The Hall–Kier alpha value is -2.71. The minimum Gasteiger partial charge on any atom is -0.324 e. The number of hydrogen-bond acceptors (Lipinski definition) is 4. The molecule has 1 atom stereocenters. The zero-order valence-electron chi connectivity index (χ0n) is 16.0. The molecule has 3 rings (SSSR count). The molecule has 2 aromatic carbocycles. The molecule has 1 N–H and O–H groups in total. The Labute approximate surface area is 165 Å². The van der Waals surface area contributed by atoms with E-state index in [9.17, 15) is 18.0 Å². The lowest BCUT2D eigenvalue weighted by Gasteiger charge is -2.29. The van der Waals surface area contributed by atoms with Crippen molar-refractivity contribution in [2.45, 2.75) is 31.2 Å². The fraction of sp³-hybridized carbons (Fsp3) is 0.300. The first-order valence-electron chi connectivity index (χ1n) is 8.94. The van der Waals surface area contributed by atoms with Crippen LogP contribution in [0.3, 0.4) is 0 Å². The standard InChI is InChI=1S/C20H23N3O4S/c1-14-8-10-16(11-9-14)28(26,27)22(3)13-20(25)23-15(2)12-19(24)21-17-6-4-5-7-18(17)23/h4-11,15H,12-13H2,1-3H3,(H,21,24). The number of nitrogens with one attached hydrogen (secondary N) is 1. The maximum Gasteiger partial charge on any atom is 0.243 e. The highest BCUT2D eigenvalue weighted by atomic mass is 32.2. The lowest BCUT2D eigenvalue weighted by molar-refractivity contribution is -0.119. The Kier molecular flexibility index (Phi) is 5.53. The molecular weight excluding hydrogens is 378 g/mol. The number of carbonyl (C=O) groups excluding carboxylic acids is 2.